The van der Waals surface area contributed by atoms with Crippen LogP contribution in [0.25, 0.3) is 0 Å². The lowest BCUT2D eigenvalue weighted by Gasteiger charge is -2.15. The molecule has 0 amide bonds. The molecule has 0 aliphatic carbocycles. The Morgan fingerprint density at radius 3 is 2.15 bits per heavy atom. The van der Waals surface area contributed by atoms with Crippen molar-refractivity contribution in [2.75, 3.05) is 0 Å². The first-order valence-corrected chi connectivity index (χ1v) is 6.54. The fourth-order valence-corrected chi connectivity index (χ4v) is 2.50. The van der Waals surface area contributed by atoms with E-state index in [1.807, 2.05) is 30.3 Å². The van der Waals surface area contributed by atoms with E-state index < -0.39 is 8.32 Å². The molecule has 1 N–H and O–H groups in total. The maximum absolute atomic E-state index is 9.98. The van der Waals surface area contributed by atoms with E-state index >= 15 is 0 Å². The summed E-state index contributed by atoms with van der Waals surface area (Å²) in [5.74, 6) is 0. The molecule has 1 rings (SSSR count). The summed E-state index contributed by atoms with van der Waals surface area (Å²) in [6.07, 6.45) is 0. The molecule has 13 heavy (non-hydrogen) atoms. The normalized spacial score (nSPS) is 10.8. The van der Waals surface area contributed by atoms with Crippen LogP contribution in [-0.4, -0.2) is 13.1 Å². The second-order valence-corrected chi connectivity index (χ2v) is 6.21. The maximum atomic E-state index is 9.98. The van der Waals surface area contributed by atoms with Crippen molar-refractivity contribution >= 4 is 8.32 Å². The summed E-state index contributed by atoms with van der Waals surface area (Å²) in [5.41, 5.74) is 4.43. The fraction of sp³-hybridized carbons (Fsp3) is 0.0909. The highest BCUT2D eigenvalue weighted by Crippen LogP contribution is 2.10. The van der Waals surface area contributed by atoms with Gasteiger partial charge in [0, 0.05) is 0 Å². The van der Waals surface area contributed by atoms with Gasteiger partial charge in [0.25, 0.3) is 0 Å². The Labute approximate surface area is 80.2 Å². The van der Waals surface area contributed by atoms with Crippen molar-refractivity contribution in [3.05, 3.63) is 60.5 Å². The molecule has 2 heteroatoms. The Kier molecular flexibility index (Phi) is 3.23. The minimum atomic E-state index is -2.41. The average molecular weight is 190 g/mol. The zero-order chi connectivity index (χ0) is 9.73. The van der Waals surface area contributed by atoms with Crippen LogP contribution in [0.4, 0.5) is 0 Å². The minimum absolute atomic E-state index is 0.668. The molecule has 0 bridgehead atoms. The van der Waals surface area contributed by atoms with Crippen LogP contribution in [0.15, 0.2) is 54.9 Å². The maximum Gasteiger partial charge on any atom is 0.241 e. The van der Waals surface area contributed by atoms with E-state index in [1.54, 1.807) is 11.4 Å². The van der Waals surface area contributed by atoms with Crippen LogP contribution in [0.2, 0.25) is 0 Å². The first-order chi connectivity index (χ1) is 6.20. The van der Waals surface area contributed by atoms with E-state index in [9.17, 15) is 4.80 Å². The standard InChI is InChI=1S/C11H14OSi/c1-3-13(12,4-2)10-11-8-6-5-7-9-11/h3-9,12H,1-2,10H2. The molecule has 0 unspecified atom stereocenters. The van der Waals surface area contributed by atoms with Crippen molar-refractivity contribution in [3.8, 4) is 0 Å². The topological polar surface area (TPSA) is 20.2 Å². The van der Waals surface area contributed by atoms with Gasteiger partial charge in [-0.3, -0.25) is 0 Å². The molecule has 0 aromatic heterocycles. The largest absolute Gasteiger partial charge is 0.424 e. The van der Waals surface area contributed by atoms with E-state index in [4.69, 9.17) is 0 Å². The van der Waals surface area contributed by atoms with Crippen LogP contribution in [-0.2, 0) is 6.04 Å². The van der Waals surface area contributed by atoms with Gasteiger partial charge in [-0.05, 0) is 11.6 Å². The highest BCUT2D eigenvalue weighted by atomic mass is 28.4. The van der Waals surface area contributed by atoms with Gasteiger partial charge < -0.3 is 4.80 Å². The van der Waals surface area contributed by atoms with Gasteiger partial charge in [0.05, 0.1) is 0 Å². The van der Waals surface area contributed by atoms with Crippen molar-refractivity contribution in [1.82, 2.24) is 0 Å². The lowest BCUT2D eigenvalue weighted by molar-refractivity contribution is 0.562. The van der Waals surface area contributed by atoms with Gasteiger partial charge in [0.1, 0.15) is 0 Å². The molecule has 1 nitrogen and oxygen atoms in total. The predicted molar refractivity (Wildman–Crippen MR) is 58.5 cm³/mol. The van der Waals surface area contributed by atoms with Gasteiger partial charge in [-0.25, -0.2) is 0 Å². The molecule has 0 spiro atoms. The Morgan fingerprint density at radius 1 is 1.15 bits per heavy atom. The Balaban J connectivity index is 2.79. The summed E-state index contributed by atoms with van der Waals surface area (Å²) in [4.78, 5) is 9.98. The van der Waals surface area contributed by atoms with Gasteiger partial charge >= 0.3 is 0 Å². The number of hydrogen-bond acceptors (Lipinski definition) is 1. The van der Waals surface area contributed by atoms with E-state index in [-0.39, 0.29) is 0 Å². The van der Waals surface area contributed by atoms with Gasteiger partial charge in [-0.15, -0.1) is 13.2 Å². The van der Waals surface area contributed by atoms with E-state index in [1.165, 1.54) is 0 Å². The van der Waals surface area contributed by atoms with Crippen molar-refractivity contribution in [3.63, 3.8) is 0 Å². The molecular formula is C11H14OSi. The summed E-state index contributed by atoms with van der Waals surface area (Å²) >= 11 is 0. The number of rotatable bonds is 4. The second-order valence-electron chi connectivity index (χ2n) is 3.06. The van der Waals surface area contributed by atoms with Gasteiger partial charge in [0.2, 0.25) is 8.32 Å². The molecular weight excluding hydrogens is 176 g/mol. The Morgan fingerprint density at radius 2 is 1.69 bits per heavy atom. The monoisotopic (exact) mass is 190 g/mol. The molecule has 0 radical (unpaired) electrons. The lowest BCUT2D eigenvalue weighted by atomic mass is 10.2. The van der Waals surface area contributed by atoms with E-state index in [2.05, 4.69) is 13.2 Å². The van der Waals surface area contributed by atoms with E-state index in [0.717, 1.165) is 5.56 Å². The molecule has 0 aliphatic heterocycles. The lowest BCUT2D eigenvalue weighted by Crippen LogP contribution is -2.33. The molecule has 68 valence electrons. The summed E-state index contributed by atoms with van der Waals surface area (Å²) in [6, 6.07) is 10.6. The third kappa shape index (κ3) is 2.68. The third-order valence-electron chi connectivity index (χ3n) is 2.04. The number of benzene rings is 1. The molecule has 0 heterocycles. The third-order valence-corrected chi connectivity index (χ3v) is 4.43. The van der Waals surface area contributed by atoms with Crippen LogP contribution in [0.3, 0.4) is 0 Å². The quantitative estimate of drug-likeness (QED) is 0.721. The van der Waals surface area contributed by atoms with Crippen molar-refractivity contribution in [1.29, 1.82) is 0 Å². The molecule has 0 atom stereocenters. The van der Waals surface area contributed by atoms with Crippen LogP contribution in [0, 0.1) is 0 Å². The second kappa shape index (κ2) is 4.21. The Bertz CT molecular complexity index is 284. The Hall–Kier alpha value is -1.12. The summed E-state index contributed by atoms with van der Waals surface area (Å²) < 4.78 is 0. The molecule has 0 saturated heterocycles. The van der Waals surface area contributed by atoms with Gasteiger partial charge in [0.15, 0.2) is 0 Å². The first kappa shape index (κ1) is 9.96. The van der Waals surface area contributed by atoms with Gasteiger partial charge in [-0.2, -0.15) is 0 Å². The fourth-order valence-electron chi connectivity index (χ4n) is 1.15. The molecule has 0 aliphatic rings. The smallest absolute Gasteiger partial charge is 0.241 e. The molecule has 1 aromatic carbocycles. The molecule has 1 aromatic rings. The summed E-state index contributed by atoms with van der Waals surface area (Å²) in [6.45, 7) is 7.28. The highest BCUT2D eigenvalue weighted by molar-refractivity contribution is 6.81. The van der Waals surface area contributed by atoms with Gasteiger partial charge in [-0.1, -0.05) is 41.7 Å². The van der Waals surface area contributed by atoms with Crippen LogP contribution in [0.5, 0.6) is 0 Å². The summed E-state index contributed by atoms with van der Waals surface area (Å²) in [5, 5.41) is 0. The molecule has 0 fully saturated rings. The van der Waals surface area contributed by atoms with Crippen LogP contribution in [0.1, 0.15) is 5.56 Å². The van der Waals surface area contributed by atoms with Crippen molar-refractivity contribution < 1.29 is 4.80 Å². The van der Waals surface area contributed by atoms with E-state index in [0.29, 0.717) is 6.04 Å². The molecule has 0 saturated carbocycles. The van der Waals surface area contributed by atoms with Crippen molar-refractivity contribution in [2.45, 2.75) is 6.04 Å². The zero-order valence-corrected chi connectivity index (χ0v) is 8.61. The average Bonchev–Trinajstić information content (AvgIpc) is 2.19. The first-order valence-electron chi connectivity index (χ1n) is 4.24. The minimum Gasteiger partial charge on any atom is -0.424 e. The highest BCUT2D eigenvalue weighted by Gasteiger charge is 2.22. The SMILES string of the molecule is C=C[Si](O)(C=C)Cc1ccccc1. The van der Waals surface area contributed by atoms with Crippen molar-refractivity contribution in [2.24, 2.45) is 0 Å². The zero-order valence-electron chi connectivity index (χ0n) is 7.61. The summed E-state index contributed by atoms with van der Waals surface area (Å²) in [7, 11) is -2.41. The predicted octanol–water partition coefficient (Wildman–Crippen LogP) is 2.16. The number of hydrogen-bond donors (Lipinski definition) is 1. The van der Waals surface area contributed by atoms with Crippen LogP contribution < -0.4 is 0 Å². The van der Waals surface area contributed by atoms with Crippen LogP contribution >= 0.6 is 0 Å².